The van der Waals surface area contributed by atoms with Gasteiger partial charge in [-0.2, -0.15) is 5.10 Å². The van der Waals surface area contributed by atoms with Crippen molar-refractivity contribution in [3.8, 4) is 5.69 Å². The summed E-state index contributed by atoms with van der Waals surface area (Å²) in [5, 5.41) is 7.20. The highest BCUT2D eigenvalue weighted by molar-refractivity contribution is 5.95. The van der Waals surface area contributed by atoms with Crippen molar-refractivity contribution in [2.75, 3.05) is 6.54 Å². The molecule has 0 atom stereocenters. The lowest BCUT2D eigenvalue weighted by molar-refractivity contribution is 0.0945. The molecule has 3 N–H and O–H groups in total. The Hall–Kier alpha value is -2.14. The van der Waals surface area contributed by atoms with E-state index in [9.17, 15) is 4.79 Å². The molecule has 0 bridgehead atoms. The van der Waals surface area contributed by atoms with Gasteiger partial charge < -0.3 is 11.1 Å². The van der Waals surface area contributed by atoms with Gasteiger partial charge in [-0.3, -0.25) is 4.79 Å². The topological polar surface area (TPSA) is 72.9 Å². The molecule has 106 valence electrons. The SMILES string of the molecule is Cc1nn(-c2ccccc2)cc1C(=O)NCC(C)(C)N. The second-order valence-electron chi connectivity index (χ2n) is 5.58. The van der Waals surface area contributed by atoms with Crippen LogP contribution in [0.5, 0.6) is 0 Å². The number of hydrogen-bond donors (Lipinski definition) is 2. The Balaban J connectivity index is 2.18. The summed E-state index contributed by atoms with van der Waals surface area (Å²) < 4.78 is 1.71. The second-order valence-corrected chi connectivity index (χ2v) is 5.58. The van der Waals surface area contributed by atoms with Gasteiger partial charge >= 0.3 is 0 Å². The largest absolute Gasteiger partial charge is 0.350 e. The van der Waals surface area contributed by atoms with Crippen LogP contribution < -0.4 is 11.1 Å². The molecule has 5 nitrogen and oxygen atoms in total. The van der Waals surface area contributed by atoms with E-state index in [1.165, 1.54) is 0 Å². The minimum absolute atomic E-state index is 0.150. The minimum Gasteiger partial charge on any atom is -0.350 e. The highest BCUT2D eigenvalue weighted by Crippen LogP contribution is 2.11. The number of hydrogen-bond acceptors (Lipinski definition) is 3. The first-order chi connectivity index (χ1) is 9.37. The zero-order chi connectivity index (χ0) is 14.8. The van der Waals surface area contributed by atoms with E-state index < -0.39 is 5.54 Å². The lowest BCUT2D eigenvalue weighted by Gasteiger charge is -2.18. The van der Waals surface area contributed by atoms with Crippen LogP contribution in [0.4, 0.5) is 0 Å². The van der Waals surface area contributed by atoms with Crippen molar-refractivity contribution in [1.82, 2.24) is 15.1 Å². The van der Waals surface area contributed by atoms with E-state index >= 15 is 0 Å². The van der Waals surface area contributed by atoms with Gasteiger partial charge in [-0.05, 0) is 32.9 Å². The molecule has 2 aromatic rings. The number of nitrogens with one attached hydrogen (secondary N) is 1. The van der Waals surface area contributed by atoms with Crippen LogP contribution in [0.3, 0.4) is 0 Å². The summed E-state index contributed by atoms with van der Waals surface area (Å²) in [6, 6.07) is 9.69. The average molecular weight is 272 g/mol. The third-order valence-corrected chi connectivity index (χ3v) is 2.87. The van der Waals surface area contributed by atoms with Gasteiger partial charge in [0.25, 0.3) is 5.91 Å². The van der Waals surface area contributed by atoms with Crippen LogP contribution in [-0.4, -0.2) is 27.8 Å². The summed E-state index contributed by atoms with van der Waals surface area (Å²) in [6.45, 7) is 5.98. The monoisotopic (exact) mass is 272 g/mol. The summed E-state index contributed by atoms with van der Waals surface area (Å²) in [4.78, 5) is 12.1. The van der Waals surface area contributed by atoms with Crippen molar-refractivity contribution in [2.45, 2.75) is 26.3 Å². The molecule has 0 unspecified atom stereocenters. The van der Waals surface area contributed by atoms with Crippen LogP contribution in [-0.2, 0) is 0 Å². The Morgan fingerprint density at radius 1 is 1.35 bits per heavy atom. The molecule has 0 saturated heterocycles. The Bertz CT molecular complexity index is 596. The van der Waals surface area contributed by atoms with Gasteiger partial charge in [0.05, 0.1) is 16.9 Å². The van der Waals surface area contributed by atoms with E-state index in [2.05, 4.69) is 10.4 Å². The molecule has 0 aliphatic rings. The first-order valence-corrected chi connectivity index (χ1v) is 6.55. The third kappa shape index (κ3) is 3.45. The molecule has 5 heteroatoms. The normalized spacial score (nSPS) is 11.4. The van der Waals surface area contributed by atoms with Gasteiger partial charge in [0.15, 0.2) is 0 Å². The summed E-state index contributed by atoms with van der Waals surface area (Å²) >= 11 is 0. The number of amides is 1. The smallest absolute Gasteiger partial charge is 0.254 e. The lowest BCUT2D eigenvalue weighted by atomic mass is 10.1. The summed E-state index contributed by atoms with van der Waals surface area (Å²) in [5.41, 5.74) is 7.62. The van der Waals surface area contributed by atoms with Gasteiger partial charge in [-0.1, -0.05) is 18.2 Å². The Kier molecular flexibility index (Phi) is 3.90. The number of aromatic nitrogens is 2. The second kappa shape index (κ2) is 5.46. The number of rotatable bonds is 4. The molecule has 1 amide bonds. The van der Waals surface area contributed by atoms with E-state index in [-0.39, 0.29) is 5.91 Å². The molecular weight excluding hydrogens is 252 g/mol. The first kappa shape index (κ1) is 14.3. The number of benzene rings is 1. The molecular formula is C15H20N4O. The zero-order valence-electron chi connectivity index (χ0n) is 12.1. The molecule has 1 heterocycles. The third-order valence-electron chi connectivity index (χ3n) is 2.87. The van der Waals surface area contributed by atoms with Gasteiger partial charge in [0.2, 0.25) is 0 Å². The Morgan fingerprint density at radius 2 is 2.00 bits per heavy atom. The minimum atomic E-state index is -0.432. The van der Waals surface area contributed by atoms with E-state index in [4.69, 9.17) is 5.73 Å². The van der Waals surface area contributed by atoms with Crippen molar-refractivity contribution >= 4 is 5.91 Å². The van der Waals surface area contributed by atoms with E-state index in [0.29, 0.717) is 17.8 Å². The Morgan fingerprint density at radius 3 is 2.60 bits per heavy atom. The molecule has 1 aromatic heterocycles. The summed E-state index contributed by atoms with van der Waals surface area (Å²) in [6.07, 6.45) is 1.74. The molecule has 0 aliphatic heterocycles. The fourth-order valence-corrected chi connectivity index (χ4v) is 1.80. The number of nitrogens with two attached hydrogens (primary N) is 1. The van der Waals surface area contributed by atoms with E-state index in [1.807, 2.05) is 51.1 Å². The molecule has 0 spiro atoms. The number of nitrogens with zero attached hydrogens (tertiary/aromatic N) is 2. The predicted octanol–water partition coefficient (Wildman–Crippen LogP) is 1.65. The van der Waals surface area contributed by atoms with Crippen LogP contribution in [0.1, 0.15) is 29.9 Å². The van der Waals surface area contributed by atoms with Crippen molar-refractivity contribution in [2.24, 2.45) is 5.73 Å². The maximum absolute atomic E-state index is 12.1. The van der Waals surface area contributed by atoms with Crippen molar-refractivity contribution in [1.29, 1.82) is 0 Å². The van der Waals surface area contributed by atoms with Crippen LogP contribution in [0.25, 0.3) is 5.69 Å². The van der Waals surface area contributed by atoms with Crippen molar-refractivity contribution in [3.05, 3.63) is 47.8 Å². The fourth-order valence-electron chi connectivity index (χ4n) is 1.80. The van der Waals surface area contributed by atoms with E-state index in [1.54, 1.807) is 10.9 Å². The predicted molar refractivity (Wildman–Crippen MR) is 78.9 cm³/mol. The highest BCUT2D eigenvalue weighted by Gasteiger charge is 2.17. The van der Waals surface area contributed by atoms with Gasteiger partial charge in [-0.15, -0.1) is 0 Å². The maximum Gasteiger partial charge on any atom is 0.254 e. The Labute approximate surface area is 118 Å². The maximum atomic E-state index is 12.1. The van der Waals surface area contributed by atoms with Crippen molar-refractivity contribution in [3.63, 3.8) is 0 Å². The van der Waals surface area contributed by atoms with Crippen LogP contribution in [0.2, 0.25) is 0 Å². The van der Waals surface area contributed by atoms with Crippen LogP contribution >= 0.6 is 0 Å². The van der Waals surface area contributed by atoms with Crippen molar-refractivity contribution < 1.29 is 4.79 Å². The fraction of sp³-hybridized carbons (Fsp3) is 0.333. The molecule has 0 fully saturated rings. The molecule has 0 aliphatic carbocycles. The molecule has 0 radical (unpaired) electrons. The summed E-state index contributed by atoms with van der Waals surface area (Å²) in [5.74, 6) is -0.150. The average Bonchev–Trinajstić information content (AvgIpc) is 2.78. The summed E-state index contributed by atoms with van der Waals surface area (Å²) in [7, 11) is 0. The molecule has 20 heavy (non-hydrogen) atoms. The number of para-hydroxylation sites is 1. The van der Waals surface area contributed by atoms with Gasteiger partial charge in [0, 0.05) is 18.3 Å². The zero-order valence-corrected chi connectivity index (χ0v) is 12.1. The quantitative estimate of drug-likeness (QED) is 0.888. The lowest BCUT2D eigenvalue weighted by Crippen LogP contribution is -2.45. The number of aryl methyl sites for hydroxylation is 1. The standard InChI is InChI=1S/C15H20N4O/c1-11-13(14(20)17-10-15(2,3)16)9-19(18-11)12-7-5-4-6-8-12/h4-9H,10,16H2,1-3H3,(H,17,20). The molecule has 1 aromatic carbocycles. The number of carbonyl (C=O) groups is 1. The van der Waals surface area contributed by atoms with Crippen LogP contribution in [0, 0.1) is 6.92 Å². The van der Waals surface area contributed by atoms with E-state index in [0.717, 1.165) is 5.69 Å². The first-order valence-electron chi connectivity index (χ1n) is 6.55. The van der Waals surface area contributed by atoms with Gasteiger partial charge in [-0.25, -0.2) is 4.68 Å². The molecule has 0 saturated carbocycles. The number of carbonyl (C=O) groups excluding carboxylic acids is 1. The van der Waals surface area contributed by atoms with Gasteiger partial charge in [0.1, 0.15) is 0 Å². The molecule has 2 rings (SSSR count). The highest BCUT2D eigenvalue weighted by atomic mass is 16.1. The van der Waals surface area contributed by atoms with Crippen LogP contribution in [0.15, 0.2) is 36.5 Å².